The first kappa shape index (κ1) is 23.6. The molecule has 1 heterocycles. The van der Waals surface area contributed by atoms with Crippen LogP contribution in [0.5, 0.6) is 5.75 Å². The molecule has 10 nitrogen and oxygen atoms in total. The summed E-state index contributed by atoms with van der Waals surface area (Å²) in [7, 11) is -2.51. The number of carbonyl (C=O) groups is 1. The zero-order valence-electron chi connectivity index (χ0n) is 18.9. The van der Waals surface area contributed by atoms with Gasteiger partial charge in [0.15, 0.2) is 0 Å². The monoisotopic (exact) mass is 490 g/mol. The SMILES string of the molecule is COc1ccccc1NS(=O)(=O)c1cccc(C(=O)N/N=C(\C)c2ccc(-n3cncn3)cc2)c1. The molecule has 178 valence electrons. The maximum absolute atomic E-state index is 12.9. The minimum atomic E-state index is -3.96. The lowest BCUT2D eigenvalue weighted by atomic mass is 10.1. The first-order chi connectivity index (χ1) is 16.9. The van der Waals surface area contributed by atoms with Crippen LogP contribution in [0.2, 0.25) is 0 Å². The number of carbonyl (C=O) groups excluding carboxylic acids is 1. The molecule has 0 fully saturated rings. The molecule has 35 heavy (non-hydrogen) atoms. The van der Waals surface area contributed by atoms with Gasteiger partial charge in [-0.3, -0.25) is 9.52 Å². The molecule has 0 aliphatic carbocycles. The van der Waals surface area contributed by atoms with Gasteiger partial charge in [-0.1, -0.05) is 30.3 Å². The number of ether oxygens (including phenoxy) is 1. The molecule has 2 N–H and O–H groups in total. The second kappa shape index (κ2) is 10.2. The number of methoxy groups -OCH3 is 1. The summed E-state index contributed by atoms with van der Waals surface area (Å²) in [5.74, 6) is -0.165. The van der Waals surface area contributed by atoms with Crippen molar-refractivity contribution in [3.8, 4) is 11.4 Å². The molecule has 1 aromatic heterocycles. The van der Waals surface area contributed by atoms with Gasteiger partial charge in [0.1, 0.15) is 18.4 Å². The molecule has 11 heteroatoms. The van der Waals surface area contributed by atoms with Crippen LogP contribution in [0.4, 0.5) is 5.69 Å². The van der Waals surface area contributed by atoms with E-state index in [4.69, 9.17) is 4.74 Å². The van der Waals surface area contributed by atoms with E-state index < -0.39 is 15.9 Å². The highest BCUT2D eigenvalue weighted by Crippen LogP contribution is 2.26. The number of rotatable bonds is 8. The zero-order chi connectivity index (χ0) is 24.8. The van der Waals surface area contributed by atoms with E-state index >= 15 is 0 Å². The summed E-state index contributed by atoms with van der Waals surface area (Å²) in [5, 5.41) is 8.22. The second-order valence-electron chi connectivity index (χ2n) is 7.36. The van der Waals surface area contributed by atoms with Crippen LogP contribution in [-0.4, -0.2) is 41.9 Å². The Morgan fingerprint density at radius 3 is 2.49 bits per heavy atom. The fourth-order valence-corrected chi connectivity index (χ4v) is 4.31. The van der Waals surface area contributed by atoms with Crippen molar-refractivity contribution in [3.05, 3.63) is 96.6 Å². The number of anilines is 1. The van der Waals surface area contributed by atoms with Gasteiger partial charge in [0.25, 0.3) is 15.9 Å². The summed E-state index contributed by atoms with van der Waals surface area (Å²) in [6.45, 7) is 1.75. The number of hydrazone groups is 1. The molecule has 0 atom stereocenters. The quantitative estimate of drug-likeness (QED) is 0.288. The van der Waals surface area contributed by atoms with Gasteiger partial charge in [-0.2, -0.15) is 10.2 Å². The third kappa shape index (κ3) is 5.53. The van der Waals surface area contributed by atoms with Crippen LogP contribution in [0.25, 0.3) is 5.69 Å². The Bertz CT molecular complexity index is 1470. The Morgan fingerprint density at radius 2 is 1.77 bits per heavy atom. The molecule has 0 unspecified atom stereocenters. The normalized spacial score (nSPS) is 11.7. The number of nitrogens with one attached hydrogen (secondary N) is 2. The summed E-state index contributed by atoms with van der Waals surface area (Å²) in [5.41, 5.74) is 5.12. The molecule has 0 spiro atoms. The summed E-state index contributed by atoms with van der Waals surface area (Å²) >= 11 is 0. The fourth-order valence-electron chi connectivity index (χ4n) is 3.20. The topological polar surface area (TPSA) is 128 Å². The predicted molar refractivity (Wildman–Crippen MR) is 131 cm³/mol. The van der Waals surface area contributed by atoms with E-state index in [1.165, 1.54) is 37.7 Å². The van der Waals surface area contributed by atoms with Crippen LogP contribution in [-0.2, 0) is 10.0 Å². The molecule has 0 saturated carbocycles. The van der Waals surface area contributed by atoms with E-state index in [2.05, 4.69) is 25.3 Å². The fraction of sp³-hybridized carbons (Fsp3) is 0.0833. The molecule has 0 bridgehead atoms. The lowest BCUT2D eigenvalue weighted by Crippen LogP contribution is -2.20. The Hall–Kier alpha value is -4.51. The van der Waals surface area contributed by atoms with Crippen LogP contribution in [0.1, 0.15) is 22.8 Å². The van der Waals surface area contributed by atoms with Crippen molar-refractivity contribution in [1.82, 2.24) is 20.2 Å². The van der Waals surface area contributed by atoms with Crippen molar-refractivity contribution in [2.45, 2.75) is 11.8 Å². The summed E-state index contributed by atoms with van der Waals surface area (Å²) in [6, 6.07) is 19.7. The number of nitrogens with zero attached hydrogens (tertiary/aromatic N) is 4. The molecule has 1 amide bonds. The van der Waals surface area contributed by atoms with Gasteiger partial charge in [0.2, 0.25) is 0 Å². The highest BCUT2D eigenvalue weighted by molar-refractivity contribution is 7.92. The van der Waals surface area contributed by atoms with Crippen LogP contribution >= 0.6 is 0 Å². The average Bonchev–Trinajstić information content (AvgIpc) is 3.42. The van der Waals surface area contributed by atoms with Crippen LogP contribution < -0.4 is 14.9 Å². The lowest BCUT2D eigenvalue weighted by molar-refractivity contribution is 0.0954. The Balaban J connectivity index is 1.47. The molecule has 0 aliphatic rings. The lowest BCUT2D eigenvalue weighted by Gasteiger charge is -2.12. The maximum atomic E-state index is 12.9. The van der Waals surface area contributed by atoms with Gasteiger partial charge < -0.3 is 4.74 Å². The number of amides is 1. The Kier molecular flexibility index (Phi) is 6.88. The van der Waals surface area contributed by atoms with Crippen molar-refractivity contribution in [1.29, 1.82) is 0 Å². The zero-order valence-corrected chi connectivity index (χ0v) is 19.7. The number of benzene rings is 3. The van der Waals surface area contributed by atoms with Crippen molar-refractivity contribution >= 4 is 27.3 Å². The molecule has 4 aromatic rings. The van der Waals surface area contributed by atoms with E-state index in [0.29, 0.717) is 17.1 Å². The molecular weight excluding hydrogens is 468 g/mol. The Morgan fingerprint density at radius 1 is 1.00 bits per heavy atom. The van der Waals surface area contributed by atoms with E-state index in [-0.39, 0.29) is 10.5 Å². The van der Waals surface area contributed by atoms with Crippen molar-refractivity contribution < 1.29 is 17.9 Å². The molecule has 0 saturated heterocycles. The van der Waals surface area contributed by atoms with E-state index in [0.717, 1.165) is 11.3 Å². The molecule has 3 aromatic carbocycles. The highest BCUT2D eigenvalue weighted by Gasteiger charge is 2.18. The van der Waals surface area contributed by atoms with Crippen molar-refractivity contribution in [2.75, 3.05) is 11.8 Å². The largest absolute Gasteiger partial charge is 0.495 e. The van der Waals surface area contributed by atoms with E-state index in [1.54, 1.807) is 42.2 Å². The molecule has 0 radical (unpaired) electrons. The van der Waals surface area contributed by atoms with E-state index in [9.17, 15) is 13.2 Å². The number of hydrogen-bond acceptors (Lipinski definition) is 7. The first-order valence-electron chi connectivity index (χ1n) is 10.4. The summed E-state index contributed by atoms with van der Waals surface area (Å²) < 4.78 is 35.0. The van der Waals surface area contributed by atoms with Gasteiger partial charge in [-0.05, 0) is 55.0 Å². The minimum Gasteiger partial charge on any atom is -0.495 e. The van der Waals surface area contributed by atoms with Gasteiger partial charge in [-0.25, -0.2) is 23.5 Å². The van der Waals surface area contributed by atoms with E-state index in [1.807, 2.05) is 24.3 Å². The number of hydrogen-bond donors (Lipinski definition) is 2. The molecular formula is C24H22N6O4S. The molecule has 0 aliphatic heterocycles. The van der Waals surface area contributed by atoms with Crippen molar-refractivity contribution in [3.63, 3.8) is 0 Å². The number of sulfonamides is 1. The Labute approximate surface area is 202 Å². The second-order valence-corrected chi connectivity index (χ2v) is 9.04. The third-order valence-electron chi connectivity index (χ3n) is 5.05. The van der Waals surface area contributed by atoms with Gasteiger partial charge in [-0.15, -0.1) is 0 Å². The minimum absolute atomic E-state index is 0.0690. The number of para-hydroxylation sites is 2. The van der Waals surface area contributed by atoms with Crippen LogP contribution in [0.15, 0.2) is 95.4 Å². The number of aromatic nitrogens is 3. The average molecular weight is 491 g/mol. The van der Waals surface area contributed by atoms with Crippen LogP contribution in [0, 0.1) is 0 Å². The van der Waals surface area contributed by atoms with Crippen molar-refractivity contribution in [2.24, 2.45) is 5.10 Å². The summed E-state index contributed by atoms with van der Waals surface area (Å²) in [4.78, 5) is 16.5. The summed E-state index contributed by atoms with van der Waals surface area (Å²) in [6.07, 6.45) is 3.04. The highest BCUT2D eigenvalue weighted by atomic mass is 32.2. The molecule has 4 rings (SSSR count). The van der Waals surface area contributed by atoms with Gasteiger partial charge in [0.05, 0.1) is 29.1 Å². The van der Waals surface area contributed by atoms with Gasteiger partial charge in [0, 0.05) is 5.56 Å². The van der Waals surface area contributed by atoms with Crippen LogP contribution in [0.3, 0.4) is 0 Å². The standard InChI is InChI=1S/C24H22N6O4S/c1-17(18-10-12-20(13-11-18)30-16-25-15-26-30)27-28-24(31)19-6-5-7-21(14-19)35(32,33)29-22-8-3-4-9-23(22)34-2/h3-16,29H,1-2H3,(H,28,31)/b27-17+. The first-order valence-corrected chi connectivity index (χ1v) is 11.9. The maximum Gasteiger partial charge on any atom is 0.271 e. The smallest absolute Gasteiger partial charge is 0.271 e. The van der Waals surface area contributed by atoms with Gasteiger partial charge >= 0.3 is 0 Å². The third-order valence-corrected chi connectivity index (χ3v) is 6.41. The predicted octanol–water partition coefficient (Wildman–Crippen LogP) is 3.23.